The highest BCUT2D eigenvalue weighted by molar-refractivity contribution is 9.10. The molecule has 1 aliphatic heterocycles. The molecule has 24 heavy (non-hydrogen) atoms. The van der Waals surface area contributed by atoms with Crippen LogP contribution in [0.15, 0.2) is 47.2 Å². The largest absolute Gasteiger partial charge is 0.485 e. The number of pyridine rings is 1. The number of hydrogen-bond acceptors (Lipinski definition) is 4. The maximum Gasteiger partial charge on any atom is 0.255 e. The van der Waals surface area contributed by atoms with Crippen molar-refractivity contribution in [3.05, 3.63) is 52.8 Å². The molecule has 6 heteroatoms. The highest BCUT2D eigenvalue weighted by Gasteiger charge is 2.27. The van der Waals surface area contributed by atoms with Crippen LogP contribution in [-0.4, -0.2) is 48.6 Å². The Hall–Kier alpha value is -2.08. The first-order chi connectivity index (χ1) is 11.6. The van der Waals surface area contributed by atoms with Gasteiger partial charge >= 0.3 is 0 Å². The van der Waals surface area contributed by atoms with E-state index in [4.69, 9.17) is 4.74 Å². The van der Waals surface area contributed by atoms with Crippen molar-refractivity contribution in [2.45, 2.75) is 13.0 Å². The van der Waals surface area contributed by atoms with Crippen LogP contribution in [0, 0.1) is 0 Å². The summed E-state index contributed by atoms with van der Waals surface area (Å²) >= 11 is 3.35. The Balaban J connectivity index is 1.71. The molecule has 1 amide bonds. The average molecular weight is 390 g/mol. The van der Waals surface area contributed by atoms with E-state index in [1.165, 1.54) is 0 Å². The molecule has 2 aromatic rings. The zero-order valence-electron chi connectivity index (χ0n) is 13.8. The molecule has 0 bridgehead atoms. The molecule has 2 heterocycles. The van der Waals surface area contributed by atoms with Gasteiger partial charge in [0.2, 0.25) is 0 Å². The van der Waals surface area contributed by atoms with Crippen LogP contribution in [0.25, 0.3) is 0 Å². The third-order valence-corrected chi connectivity index (χ3v) is 4.52. The average Bonchev–Trinajstić information content (AvgIpc) is 2.60. The maximum atomic E-state index is 12.6. The second kappa shape index (κ2) is 7.21. The molecule has 1 aromatic carbocycles. The molecule has 1 aromatic heterocycles. The smallest absolute Gasteiger partial charge is 0.255 e. The number of rotatable bonds is 4. The fraction of sp³-hybridized carbons (Fsp3) is 0.333. The quantitative estimate of drug-likeness (QED) is 0.805. The number of hydrogen-bond donors (Lipinski definition) is 0. The van der Waals surface area contributed by atoms with Gasteiger partial charge in [0.15, 0.2) is 0 Å². The van der Waals surface area contributed by atoms with E-state index in [1.807, 2.05) is 18.2 Å². The van der Waals surface area contributed by atoms with E-state index >= 15 is 0 Å². The summed E-state index contributed by atoms with van der Waals surface area (Å²) in [6, 6.07) is 9.81. The van der Waals surface area contributed by atoms with Crippen molar-refractivity contribution < 1.29 is 9.53 Å². The number of fused-ring (bicyclic) bond motifs is 1. The van der Waals surface area contributed by atoms with Crippen LogP contribution >= 0.6 is 15.9 Å². The first kappa shape index (κ1) is 16.8. The third kappa shape index (κ3) is 3.53. The molecular weight excluding hydrogens is 370 g/mol. The van der Waals surface area contributed by atoms with E-state index in [9.17, 15) is 4.79 Å². The Morgan fingerprint density at radius 1 is 1.42 bits per heavy atom. The van der Waals surface area contributed by atoms with Crippen molar-refractivity contribution in [3.63, 3.8) is 0 Å². The Kier molecular flexibility index (Phi) is 5.04. The monoisotopic (exact) mass is 389 g/mol. The van der Waals surface area contributed by atoms with E-state index in [2.05, 4.69) is 38.8 Å². The molecule has 3 rings (SSSR count). The van der Waals surface area contributed by atoms with Gasteiger partial charge in [0.25, 0.3) is 5.91 Å². The maximum absolute atomic E-state index is 12.6. The second-order valence-corrected chi connectivity index (χ2v) is 6.74. The van der Waals surface area contributed by atoms with Gasteiger partial charge in [-0.3, -0.25) is 9.78 Å². The van der Waals surface area contributed by atoms with Gasteiger partial charge in [-0.05, 0) is 41.1 Å². The van der Waals surface area contributed by atoms with Gasteiger partial charge in [0.1, 0.15) is 11.9 Å². The van der Waals surface area contributed by atoms with Gasteiger partial charge in [-0.25, -0.2) is 0 Å². The molecule has 0 spiro atoms. The lowest BCUT2D eigenvalue weighted by Crippen LogP contribution is -2.46. The molecule has 0 unspecified atom stereocenters. The molecule has 1 atom stereocenters. The fourth-order valence-electron chi connectivity index (χ4n) is 2.91. The lowest BCUT2D eigenvalue weighted by atomic mass is 10.1. The number of aromatic nitrogens is 1. The lowest BCUT2D eigenvalue weighted by Gasteiger charge is -2.37. The lowest BCUT2D eigenvalue weighted by molar-refractivity contribution is 0.0709. The van der Waals surface area contributed by atoms with E-state index in [-0.39, 0.29) is 12.0 Å². The molecular formula is C18H20BrN3O2. The van der Waals surface area contributed by atoms with Crippen LogP contribution < -0.4 is 9.64 Å². The summed E-state index contributed by atoms with van der Waals surface area (Å²) < 4.78 is 6.88. The second-order valence-electron chi connectivity index (χ2n) is 5.82. The zero-order valence-corrected chi connectivity index (χ0v) is 15.4. The predicted molar refractivity (Wildman–Crippen MR) is 97.6 cm³/mol. The van der Waals surface area contributed by atoms with Gasteiger partial charge in [-0.1, -0.05) is 12.1 Å². The van der Waals surface area contributed by atoms with Gasteiger partial charge in [-0.15, -0.1) is 0 Å². The Morgan fingerprint density at radius 3 is 2.96 bits per heavy atom. The van der Waals surface area contributed by atoms with Gasteiger partial charge in [0.05, 0.1) is 24.3 Å². The molecule has 126 valence electrons. The molecule has 0 radical (unpaired) electrons. The third-order valence-electron chi connectivity index (χ3n) is 4.08. The number of amides is 1. The highest BCUT2D eigenvalue weighted by Crippen LogP contribution is 2.32. The van der Waals surface area contributed by atoms with Crippen molar-refractivity contribution in [3.8, 4) is 5.75 Å². The van der Waals surface area contributed by atoms with Crippen LogP contribution in [0.2, 0.25) is 0 Å². The predicted octanol–water partition coefficient (Wildman–Crippen LogP) is 3.20. The van der Waals surface area contributed by atoms with Crippen LogP contribution in [0.4, 0.5) is 5.69 Å². The molecule has 1 aliphatic rings. The van der Waals surface area contributed by atoms with Gasteiger partial charge < -0.3 is 14.5 Å². The molecule has 0 saturated heterocycles. The topological polar surface area (TPSA) is 45.7 Å². The van der Waals surface area contributed by atoms with Crippen LogP contribution in [0.3, 0.4) is 0 Å². The van der Waals surface area contributed by atoms with Crippen LogP contribution in [0.5, 0.6) is 5.75 Å². The van der Waals surface area contributed by atoms with Crippen LogP contribution in [-0.2, 0) is 0 Å². The van der Waals surface area contributed by atoms with Crippen molar-refractivity contribution in [1.82, 2.24) is 9.88 Å². The summed E-state index contributed by atoms with van der Waals surface area (Å²) in [5.41, 5.74) is 1.68. The zero-order chi connectivity index (χ0) is 17.1. The van der Waals surface area contributed by atoms with Crippen molar-refractivity contribution in [2.24, 2.45) is 0 Å². The minimum atomic E-state index is -0.0612. The Bertz CT molecular complexity index is 738. The van der Waals surface area contributed by atoms with Crippen molar-refractivity contribution in [2.75, 3.05) is 31.6 Å². The number of carbonyl (C=O) groups excluding carboxylic acids is 1. The van der Waals surface area contributed by atoms with Gasteiger partial charge in [-0.2, -0.15) is 0 Å². The number of ether oxygens (including phenoxy) is 1. The van der Waals surface area contributed by atoms with Crippen LogP contribution in [0.1, 0.15) is 17.3 Å². The summed E-state index contributed by atoms with van der Waals surface area (Å²) in [6.07, 6.45) is 3.18. The number of anilines is 1. The first-order valence-corrected chi connectivity index (χ1v) is 8.74. The van der Waals surface area contributed by atoms with E-state index in [0.29, 0.717) is 12.1 Å². The standard InChI is InChI=1S/C18H20BrN3O2/c1-3-22-12-15(24-17-7-5-4-6-16(17)22)11-21(2)18(23)13-8-14(19)10-20-9-13/h4-10,15H,3,11-12H2,1-2H3/t15-/m1/s1. The number of likely N-dealkylation sites (N-methyl/N-ethyl adjacent to an activating group) is 2. The highest BCUT2D eigenvalue weighted by atomic mass is 79.9. The van der Waals surface area contributed by atoms with E-state index in [0.717, 1.165) is 29.0 Å². The number of carbonyl (C=O) groups is 1. The number of benzene rings is 1. The summed E-state index contributed by atoms with van der Waals surface area (Å²) in [7, 11) is 1.80. The van der Waals surface area contributed by atoms with Crippen molar-refractivity contribution >= 4 is 27.5 Å². The minimum Gasteiger partial charge on any atom is -0.485 e. The summed E-state index contributed by atoms with van der Waals surface area (Å²) in [6.45, 7) is 4.32. The van der Waals surface area contributed by atoms with Crippen molar-refractivity contribution in [1.29, 1.82) is 0 Å². The molecule has 5 nitrogen and oxygen atoms in total. The molecule has 0 aliphatic carbocycles. The first-order valence-electron chi connectivity index (χ1n) is 7.95. The molecule has 0 fully saturated rings. The summed E-state index contributed by atoms with van der Waals surface area (Å²) in [4.78, 5) is 20.6. The summed E-state index contributed by atoms with van der Waals surface area (Å²) in [5, 5.41) is 0. The number of nitrogens with zero attached hydrogens (tertiary/aromatic N) is 3. The summed E-state index contributed by atoms with van der Waals surface area (Å²) in [5.74, 6) is 0.815. The SMILES string of the molecule is CCN1C[C@@H](CN(C)C(=O)c2cncc(Br)c2)Oc2ccccc21. The Labute approximate surface area is 150 Å². The minimum absolute atomic E-state index is 0.0608. The van der Waals surface area contributed by atoms with E-state index in [1.54, 1.807) is 30.4 Å². The number of para-hydroxylation sites is 2. The van der Waals surface area contributed by atoms with Gasteiger partial charge in [0, 0.05) is 30.5 Å². The number of halogens is 1. The molecule has 0 saturated carbocycles. The molecule has 0 N–H and O–H groups in total. The Morgan fingerprint density at radius 2 is 2.21 bits per heavy atom. The normalized spacial score (nSPS) is 16.3. The fourth-order valence-corrected chi connectivity index (χ4v) is 3.28. The van der Waals surface area contributed by atoms with E-state index < -0.39 is 0 Å².